The molecule has 2 rings (SSSR count). The lowest BCUT2D eigenvalue weighted by atomic mass is 10.2. The number of hydrogen-bond acceptors (Lipinski definition) is 5. The lowest BCUT2D eigenvalue weighted by Gasteiger charge is -2.31. The second kappa shape index (κ2) is 6.09. The van der Waals surface area contributed by atoms with Gasteiger partial charge < -0.3 is 9.94 Å². The summed E-state index contributed by atoms with van der Waals surface area (Å²) in [6.07, 6.45) is -0.740. The first kappa shape index (κ1) is 15.2. The van der Waals surface area contributed by atoms with Crippen LogP contribution in [0.2, 0.25) is 0 Å². The van der Waals surface area contributed by atoms with Gasteiger partial charge in [-0.15, -0.1) is 0 Å². The van der Waals surface area contributed by atoms with Crippen LogP contribution < -0.4 is 0 Å². The summed E-state index contributed by atoms with van der Waals surface area (Å²) in [6, 6.07) is 6.62. The number of oxime groups is 1. The van der Waals surface area contributed by atoms with E-state index in [0.29, 0.717) is 0 Å². The Morgan fingerprint density at radius 3 is 2.70 bits per heavy atom. The summed E-state index contributed by atoms with van der Waals surface area (Å²) in [5, 5.41) is 11.3. The van der Waals surface area contributed by atoms with Gasteiger partial charge in [-0.3, -0.25) is 0 Å². The minimum absolute atomic E-state index is 0.0269. The van der Waals surface area contributed by atoms with Crippen molar-refractivity contribution in [1.29, 1.82) is 0 Å². The molecule has 6 nitrogen and oxygen atoms in total. The van der Waals surface area contributed by atoms with Crippen molar-refractivity contribution in [3.05, 3.63) is 29.8 Å². The molecule has 0 radical (unpaired) electrons. The van der Waals surface area contributed by atoms with E-state index in [4.69, 9.17) is 21.5 Å². The van der Waals surface area contributed by atoms with Crippen molar-refractivity contribution >= 4 is 26.8 Å². The number of benzene rings is 1. The zero-order valence-electron chi connectivity index (χ0n) is 10.9. The lowest BCUT2D eigenvalue weighted by molar-refractivity contribution is 0.0378. The van der Waals surface area contributed by atoms with Crippen molar-refractivity contribution in [2.45, 2.75) is 17.9 Å². The molecule has 1 saturated heterocycles. The van der Waals surface area contributed by atoms with Crippen LogP contribution in [0.15, 0.2) is 34.3 Å². The topological polar surface area (TPSA) is 79.2 Å². The Kier molecular flexibility index (Phi) is 4.64. The summed E-state index contributed by atoms with van der Waals surface area (Å²) in [5.41, 5.74) is 0.985. The van der Waals surface area contributed by atoms with E-state index < -0.39 is 16.1 Å². The number of ether oxygens (including phenoxy) is 1. The summed E-state index contributed by atoms with van der Waals surface area (Å²) in [6.45, 7) is 2.35. The van der Waals surface area contributed by atoms with E-state index in [1.165, 1.54) is 4.31 Å². The maximum Gasteiger partial charge on any atom is 0.243 e. The van der Waals surface area contributed by atoms with Crippen LogP contribution in [0.5, 0.6) is 0 Å². The van der Waals surface area contributed by atoms with Crippen molar-refractivity contribution in [1.82, 2.24) is 4.31 Å². The van der Waals surface area contributed by atoms with Gasteiger partial charge in [0.1, 0.15) is 6.10 Å². The molecule has 1 aromatic carbocycles. The van der Waals surface area contributed by atoms with Gasteiger partial charge in [-0.2, -0.15) is 4.31 Å². The second-order valence-corrected chi connectivity index (χ2v) is 6.78. The Balaban J connectivity index is 2.23. The summed E-state index contributed by atoms with van der Waals surface area (Å²) in [4.78, 5) is 0.223. The van der Waals surface area contributed by atoms with E-state index in [-0.39, 0.29) is 29.8 Å². The maximum atomic E-state index is 12.5. The third-order valence-electron chi connectivity index (χ3n) is 3.05. The van der Waals surface area contributed by atoms with E-state index in [2.05, 4.69) is 5.16 Å². The molecule has 1 aromatic rings. The van der Waals surface area contributed by atoms with Gasteiger partial charge in [-0.05, 0) is 19.1 Å². The predicted octanol–water partition coefficient (Wildman–Crippen LogP) is 1.41. The van der Waals surface area contributed by atoms with Gasteiger partial charge >= 0.3 is 0 Å². The molecule has 1 unspecified atom stereocenters. The lowest BCUT2D eigenvalue weighted by Crippen LogP contribution is -2.47. The highest BCUT2D eigenvalue weighted by atomic mass is 35.5. The number of sulfonamides is 1. The average Bonchev–Trinajstić information content (AvgIpc) is 2.47. The first-order valence-corrected chi connectivity index (χ1v) is 7.83. The van der Waals surface area contributed by atoms with E-state index in [1.807, 2.05) is 6.92 Å². The van der Waals surface area contributed by atoms with Crippen LogP contribution in [-0.2, 0) is 14.8 Å². The Labute approximate surface area is 122 Å². The number of halogens is 1. The molecule has 0 aromatic heterocycles. The summed E-state index contributed by atoms with van der Waals surface area (Å²) in [7, 11) is -3.60. The normalized spacial score (nSPS) is 21.9. The van der Waals surface area contributed by atoms with Gasteiger partial charge in [0, 0.05) is 13.1 Å². The molecule has 1 atom stereocenters. The van der Waals surface area contributed by atoms with E-state index >= 15 is 0 Å². The molecule has 1 aliphatic rings. The van der Waals surface area contributed by atoms with Crippen LogP contribution in [0, 0.1) is 6.92 Å². The average molecular weight is 319 g/mol. The Bertz CT molecular complexity index is 600. The second-order valence-electron chi connectivity index (χ2n) is 4.46. The quantitative estimate of drug-likeness (QED) is 0.519. The fourth-order valence-corrected chi connectivity index (χ4v) is 3.47. The fourth-order valence-electron chi connectivity index (χ4n) is 1.91. The largest absolute Gasteiger partial charge is 0.410 e. The van der Waals surface area contributed by atoms with Crippen LogP contribution in [0.1, 0.15) is 5.56 Å². The minimum atomic E-state index is -3.60. The van der Waals surface area contributed by atoms with Crippen molar-refractivity contribution in [3.8, 4) is 0 Å². The number of nitrogens with zero attached hydrogens (tertiary/aromatic N) is 2. The standard InChI is InChI=1S/C12H15ClN2O4S/c1-9-2-4-10(5-3-9)20(17,18)15-6-7-19-11(8-15)12(13)14-16/h2-5,11,16H,6-8H2,1H3. The molecule has 1 fully saturated rings. The Morgan fingerprint density at radius 2 is 2.10 bits per heavy atom. The van der Waals surface area contributed by atoms with Crippen LogP contribution >= 0.6 is 11.6 Å². The molecule has 20 heavy (non-hydrogen) atoms. The molecule has 1 heterocycles. The molecule has 0 saturated carbocycles. The highest BCUT2D eigenvalue weighted by Crippen LogP contribution is 2.20. The zero-order chi connectivity index (χ0) is 14.8. The van der Waals surface area contributed by atoms with Crippen LogP contribution in [0.4, 0.5) is 0 Å². The maximum absolute atomic E-state index is 12.5. The van der Waals surface area contributed by atoms with Crippen molar-refractivity contribution in [3.63, 3.8) is 0 Å². The van der Waals surface area contributed by atoms with E-state index in [0.717, 1.165) is 5.56 Å². The minimum Gasteiger partial charge on any atom is -0.410 e. The molecule has 110 valence electrons. The molecule has 0 amide bonds. The highest BCUT2D eigenvalue weighted by molar-refractivity contribution is 7.89. The predicted molar refractivity (Wildman–Crippen MR) is 74.8 cm³/mol. The van der Waals surface area contributed by atoms with E-state index in [9.17, 15) is 8.42 Å². The number of aryl methyl sites for hydroxylation is 1. The Hall–Kier alpha value is -1.15. The monoisotopic (exact) mass is 318 g/mol. The first-order valence-electron chi connectivity index (χ1n) is 6.01. The third-order valence-corrected chi connectivity index (χ3v) is 5.25. The smallest absolute Gasteiger partial charge is 0.243 e. The molecule has 1 N–H and O–H groups in total. The van der Waals surface area contributed by atoms with Gasteiger partial charge in [0.05, 0.1) is 11.5 Å². The molecule has 1 aliphatic heterocycles. The van der Waals surface area contributed by atoms with Gasteiger partial charge in [-0.1, -0.05) is 34.5 Å². The van der Waals surface area contributed by atoms with E-state index in [1.54, 1.807) is 24.3 Å². The summed E-state index contributed by atoms with van der Waals surface area (Å²) >= 11 is 5.68. The highest BCUT2D eigenvalue weighted by Gasteiger charge is 2.32. The summed E-state index contributed by atoms with van der Waals surface area (Å²) < 4.78 is 31.5. The van der Waals surface area contributed by atoms with Crippen molar-refractivity contribution in [2.75, 3.05) is 19.7 Å². The van der Waals surface area contributed by atoms with Gasteiger partial charge in [0.15, 0.2) is 5.17 Å². The first-order chi connectivity index (χ1) is 9.45. The van der Waals surface area contributed by atoms with Gasteiger partial charge in [0.25, 0.3) is 0 Å². The number of hydrogen-bond donors (Lipinski definition) is 1. The fraction of sp³-hybridized carbons (Fsp3) is 0.417. The van der Waals surface area contributed by atoms with Gasteiger partial charge in [-0.25, -0.2) is 8.42 Å². The zero-order valence-corrected chi connectivity index (χ0v) is 12.4. The van der Waals surface area contributed by atoms with Crippen LogP contribution in [0.25, 0.3) is 0 Å². The molecular weight excluding hydrogens is 304 g/mol. The Morgan fingerprint density at radius 1 is 1.45 bits per heavy atom. The molecule has 0 bridgehead atoms. The molecule has 0 aliphatic carbocycles. The molecular formula is C12H15ClN2O4S. The summed E-state index contributed by atoms with van der Waals surface area (Å²) in [5.74, 6) is 0. The molecule has 8 heteroatoms. The molecule has 0 spiro atoms. The number of morpholine rings is 1. The van der Waals surface area contributed by atoms with Crippen molar-refractivity contribution < 1.29 is 18.4 Å². The van der Waals surface area contributed by atoms with Crippen molar-refractivity contribution in [2.24, 2.45) is 5.16 Å². The number of rotatable bonds is 3. The SMILES string of the molecule is Cc1ccc(S(=O)(=O)N2CCOC(C(Cl)=NO)C2)cc1. The third kappa shape index (κ3) is 3.12. The van der Waals surface area contributed by atoms with Gasteiger partial charge in [0.2, 0.25) is 10.0 Å². The van der Waals surface area contributed by atoms with Crippen LogP contribution in [-0.4, -0.2) is 48.9 Å². The van der Waals surface area contributed by atoms with Crippen LogP contribution in [0.3, 0.4) is 0 Å².